The summed E-state index contributed by atoms with van der Waals surface area (Å²) >= 11 is 12.2. The molecular weight excluding hydrogens is 323 g/mol. The lowest BCUT2D eigenvalue weighted by Gasteiger charge is -2.11. The molecule has 5 heteroatoms. The average molecular weight is 335 g/mol. The van der Waals surface area contributed by atoms with Gasteiger partial charge in [0.25, 0.3) is 0 Å². The standard InChI is InChI=1S/C17H12Cl2O3/c1-2-21-17-15(20)12-5-3-4-6-14(12)22-16(17)11-8-7-10(18)9-13(11)19/h3-9H,2H2,1H3. The summed E-state index contributed by atoms with van der Waals surface area (Å²) in [5.74, 6) is 0.470. The van der Waals surface area contributed by atoms with Crippen molar-refractivity contribution in [3.63, 3.8) is 0 Å². The first-order chi connectivity index (χ1) is 10.6. The molecule has 0 aliphatic rings. The first-order valence-corrected chi connectivity index (χ1v) is 7.51. The van der Waals surface area contributed by atoms with Crippen LogP contribution in [-0.4, -0.2) is 6.61 Å². The van der Waals surface area contributed by atoms with Gasteiger partial charge in [0.1, 0.15) is 5.58 Å². The zero-order chi connectivity index (χ0) is 15.7. The van der Waals surface area contributed by atoms with Gasteiger partial charge in [-0.3, -0.25) is 4.79 Å². The van der Waals surface area contributed by atoms with Crippen molar-refractivity contribution in [1.29, 1.82) is 0 Å². The molecule has 0 amide bonds. The minimum absolute atomic E-state index is 0.158. The first kappa shape index (κ1) is 14.9. The van der Waals surface area contributed by atoms with E-state index in [2.05, 4.69) is 0 Å². The van der Waals surface area contributed by atoms with E-state index in [1.807, 2.05) is 6.92 Å². The number of halogens is 2. The Kier molecular flexibility index (Phi) is 4.10. The number of hydrogen-bond acceptors (Lipinski definition) is 3. The van der Waals surface area contributed by atoms with E-state index in [1.165, 1.54) is 0 Å². The maximum Gasteiger partial charge on any atom is 0.235 e. The fourth-order valence-electron chi connectivity index (χ4n) is 2.25. The minimum atomic E-state index is -0.218. The van der Waals surface area contributed by atoms with E-state index in [0.29, 0.717) is 38.9 Å². The number of rotatable bonds is 3. The third kappa shape index (κ3) is 2.58. The Labute approximate surface area is 137 Å². The van der Waals surface area contributed by atoms with Crippen LogP contribution in [0.15, 0.2) is 51.7 Å². The second kappa shape index (κ2) is 6.03. The lowest BCUT2D eigenvalue weighted by Crippen LogP contribution is -2.09. The van der Waals surface area contributed by atoms with Crippen molar-refractivity contribution in [2.75, 3.05) is 6.61 Å². The number of ether oxygens (including phenoxy) is 1. The van der Waals surface area contributed by atoms with Crippen molar-refractivity contribution in [1.82, 2.24) is 0 Å². The predicted molar refractivity (Wildman–Crippen MR) is 89.1 cm³/mol. The van der Waals surface area contributed by atoms with Gasteiger partial charge in [-0.1, -0.05) is 35.3 Å². The summed E-state index contributed by atoms with van der Waals surface area (Å²) in [7, 11) is 0. The minimum Gasteiger partial charge on any atom is -0.487 e. The lowest BCUT2D eigenvalue weighted by atomic mass is 10.1. The van der Waals surface area contributed by atoms with Crippen LogP contribution in [0.2, 0.25) is 10.0 Å². The Morgan fingerprint density at radius 1 is 1.14 bits per heavy atom. The Balaban J connectivity index is 2.36. The molecule has 0 atom stereocenters. The summed E-state index contributed by atoms with van der Waals surface area (Å²) in [6, 6.07) is 12.0. The van der Waals surface area contributed by atoms with E-state index in [9.17, 15) is 4.79 Å². The van der Waals surface area contributed by atoms with Gasteiger partial charge in [-0.15, -0.1) is 0 Å². The van der Waals surface area contributed by atoms with E-state index in [-0.39, 0.29) is 11.2 Å². The number of fused-ring (bicyclic) bond motifs is 1. The predicted octanol–water partition coefficient (Wildman–Crippen LogP) is 5.17. The molecule has 0 bridgehead atoms. The molecular formula is C17H12Cl2O3. The van der Waals surface area contributed by atoms with Crippen LogP contribution in [0.25, 0.3) is 22.3 Å². The molecule has 1 aromatic heterocycles. The van der Waals surface area contributed by atoms with E-state index in [1.54, 1.807) is 42.5 Å². The third-order valence-corrected chi connectivity index (χ3v) is 3.77. The van der Waals surface area contributed by atoms with Crippen molar-refractivity contribution in [2.24, 2.45) is 0 Å². The summed E-state index contributed by atoms with van der Waals surface area (Å²) < 4.78 is 11.4. The Morgan fingerprint density at radius 2 is 1.91 bits per heavy atom. The molecule has 0 aliphatic carbocycles. The molecule has 2 aromatic carbocycles. The van der Waals surface area contributed by atoms with Gasteiger partial charge >= 0.3 is 0 Å². The second-order valence-corrected chi connectivity index (χ2v) is 5.49. The van der Waals surface area contributed by atoms with Crippen molar-refractivity contribution in [2.45, 2.75) is 6.92 Å². The Hall–Kier alpha value is -1.97. The van der Waals surface area contributed by atoms with Crippen molar-refractivity contribution in [3.05, 3.63) is 62.7 Å². The monoisotopic (exact) mass is 334 g/mol. The lowest BCUT2D eigenvalue weighted by molar-refractivity contribution is 0.330. The summed E-state index contributed by atoms with van der Waals surface area (Å²) in [5.41, 5.74) is 0.832. The van der Waals surface area contributed by atoms with E-state index in [0.717, 1.165) is 0 Å². The van der Waals surface area contributed by atoms with Crippen LogP contribution >= 0.6 is 23.2 Å². The molecule has 0 aliphatic heterocycles. The van der Waals surface area contributed by atoms with Crippen LogP contribution in [-0.2, 0) is 0 Å². The highest BCUT2D eigenvalue weighted by atomic mass is 35.5. The highest BCUT2D eigenvalue weighted by molar-refractivity contribution is 6.36. The van der Waals surface area contributed by atoms with Crippen molar-refractivity contribution >= 4 is 34.2 Å². The van der Waals surface area contributed by atoms with Crippen molar-refractivity contribution in [3.8, 4) is 17.1 Å². The summed E-state index contributed by atoms with van der Waals surface area (Å²) in [5, 5.41) is 1.38. The summed E-state index contributed by atoms with van der Waals surface area (Å²) in [6.45, 7) is 2.16. The maximum absolute atomic E-state index is 12.6. The largest absolute Gasteiger partial charge is 0.487 e. The molecule has 1 heterocycles. The van der Waals surface area contributed by atoms with E-state index >= 15 is 0 Å². The Morgan fingerprint density at radius 3 is 2.64 bits per heavy atom. The van der Waals surface area contributed by atoms with Gasteiger partial charge < -0.3 is 9.15 Å². The van der Waals surface area contributed by atoms with E-state index in [4.69, 9.17) is 32.4 Å². The summed E-state index contributed by atoms with van der Waals surface area (Å²) in [4.78, 5) is 12.6. The van der Waals surface area contributed by atoms with Gasteiger partial charge in [0.15, 0.2) is 5.76 Å². The van der Waals surface area contributed by atoms with Crippen LogP contribution in [0.4, 0.5) is 0 Å². The van der Waals surface area contributed by atoms with Gasteiger partial charge in [0.2, 0.25) is 11.2 Å². The van der Waals surface area contributed by atoms with Gasteiger partial charge in [-0.2, -0.15) is 0 Å². The molecule has 22 heavy (non-hydrogen) atoms. The molecule has 3 rings (SSSR count). The zero-order valence-electron chi connectivity index (χ0n) is 11.7. The van der Waals surface area contributed by atoms with E-state index < -0.39 is 0 Å². The smallest absolute Gasteiger partial charge is 0.235 e. The fourth-order valence-corrected chi connectivity index (χ4v) is 2.75. The normalized spacial score (nSPS) is 10.9. The third-order valence-electron chi connectivity index (χ3n) is 3.22. The molecule has 112 valence electrons. The quantitative estimate of drug-likeness (QED) is 0.663. The molecule has 0 fully saturated rings. The molecule has 0 unspecified atom stereocenters. The van der Waals surface area contributed by atoms with Gasteiger partial charge in [0.05, 0.1) is 17.0 Å². The van der Waals surface area contributed by atoms with Crippen LogP contribution in [0, 0.1) is 0 Å². The number of benzene rings is 2. The molecule has 0 radical (unpaired) electrons. The average Bonchev–Trinajstić information content (AvgIpc) is 2.50. The first-order valence-electron chi connectivity index (χ1n) is 6.76. The molecule has 0 saturated heterocycles. The second-order valence-electron chi connectivity index (χ2n) is 4.64. The SMILES string of the molecule is CCOc1c(-c2ccc(Cl)cc2Cl)oc2ccccc2c1=O. The molecule has 0 N–H and O–H groups in total. The zero-order valence-corrected chi connectivity index (χ0v) is 13.2. The fraction of sp³-hybridized carbons (Fsp3) is 0.118. The van der Waals surface area contributed by atoms with Crippen LogP contribution in [0.1, 0.15) is 6.92 Å². The summed E-state index contributed by atoms with van der Waals surface area (Å²) in [6.07, 6.45) is 0. The molecule has 3 aromatic rings. The van der Waals surface area contributed by atoms with Crippen LogP contribution < -0.4 is 10.2 Å². The maximum atomic E-state index is 12.6. The van der Waals surface area contributed by atoms with Gasteiger partial charge in [-0.05, 0) is 37.3 Å². The Bertz CT molecular complexity index is 900. The van der Waals surface area contributed by atoms with Gasteiger partial charge in [-0.25, -0.2) is 0 Å². The molecule has 0 spiro atoms. The van der Waals surface area contributed by atoms with Crippen LogP contribution in [0.3, 0.4) is 0 Å². The van der Waals surface area contributed by atoms with Gasteiger partial charge in [0, 0.05) is 10.6 Å². The van der Waals surface area contributed by atoms with Crippen LogP contribution in [0.5, 0.6) is 5.75 Å². The highest BCUT2D eigenvalue weighted by Crippen LogP contribution is 2.36. The van der Waals surface area contributed by atoms with Crippen molar-refractivity contribution < 1.29 is 9.15 Å². The molecule has 0 saturated carbocycles. The topological polar surface area (TPSA) is 39.4 Å². The number of hydrogen-bond donors (Lipinski definition) is 0. The number of para-hydroxylation sites is 1. The highest BCUT2D eigenvalue weighted by Gasteiger charge is 2.19. The molecule has 3 nitrogen and oxygen atoms in total.